The van der Waals surface area contributed by atoms with E-state index in [9.17, 15) is 0 Å². The smallest absolute Gasteiger partial charge is 0.188 e. The van der Waals surface area contributed by atoms with Gasteiger partial charge < -0.3 is 10.9 Å². The Bertz CT molecular complexity index is 461. The number of aromatic nitrogens is 1. The highest BCUT2D eigenvalue weighted by molar-refractivity contribution is 5.95. The first-order valence-corrected chi connectivity index (χ1v) is 6.77. The van der Waals surface area contributed by atoms with E-state index in [-0.39, 0.29) is 5.84 Å². The number of nitrogens with two attached hydrogens (primary N) is 1. The second kappa shape index (κ2) is 6.02. The molecule has 0 spiro atoms. The predicted molar refractivity (Wildman–Crippen MR) is 75.0 cm³/mol. The van der Waals surface area contributed by atoms with Gasteiger partial charge in [-0.15, -0.1) is 0 Å². The van der Waals surface area contributed by atoms with Crippen LogP contribution in [-0.2, 0) is 6.54 Å². The zero-order valence-electron chi connectivity index (χ0n) is 11.6. The number of piperidine rings is 1. The lowest BCUT2D eigenvalue weighted by Gasteiger charge is -2.36. The van der Waals surface area contributed by atoms with E-state index in [0.717, 1.165) is 24.6 Å². The first-order chi connectivity index (χ1) is 9.10. The summed E-state index contributed by atoms with van der Waals surface area (Å²) < 4.78 is 0. The molecule has 0 amide bonds. The molecule has 1 aromatic heterocycles. The average Bonchev–Trinajstić information content (AvgIpc) is 2.42. The Hall–Kier alpha value is -1.62. The van der Waals surface area contributed by atoms with Gasteiger partial charge in [0.2, 0.25) is 0 Å². The minimum Gasteiger partial charge on any atom is -0.409 e. The summed E-state index contributed by atoms with van der Waals surface area (Å²) in [5.74, 6) is 0.809. The number of nitrogens with zero attached hydrogens (tertiary/aromatic N) is 3. The van der Waals surface area contributed by atoms with E-state index in [0.29, 0.717) is 11.7 Å². The molecule has 1 saturated heterocycles. The van der Waals surface area contributed by atoms with Gasteiger partial charge in [-0.3, -0.25) is 9.88 Å². The maximum Gasteiger partial charge on any atom is 0.188 e. The molecular formula is C14H22N4O. The number of hydrogen-bond acceptors (Lipinski definition) is 4. The first kappa shape index (κ1) is 13.8. The highest BCUT2D eigenvalue weighted by atomic mass is 16.4. The van der Waals surface area contributed by atoms with Gasteiger partial charge in [0, 0.05) is 25.3 Å². The monoisotopic (exact) mass is 262 g/mol. The van der Waals surface area contributed by atoms with Crippen LogP contribution >= 0.6 is 0 Å². The van der Waals surface area contributed by atoms with E-state index in [4.69, 9.17) is 10.9 Å². The van der Waals surface area contributed by atoms with Gasteiger partial charge in [0.05, 0.1) is 0 Å². The van der Waals surface area contributed by atoms with E-state index in [2.05, 4.69) is 28.9 Å². The summed E-state index contributed by atoms with van der Waals surface area (Å²) in [5.41, 5.74) is 7.25. The fraction of sp³-hybridized carbons (Fsp3) is 0.571. The van der Waals surface area contributed by atoms with Crippen molar-refractivity contribution in [2.75, 3.05) is 6.54 Å². The normalized spacial score (nSPS) is 25.5. The lowest BCUT2D eigenvalue weighted by molar-refractivity contribution is 0.117. The third-order valence-corrected chi connectivity index (χ3v) is 3.83. The Morgan fingerprint density at radius 2 is 2.32 bits per heavy atom. The fourth-order valence-corrected chi connectivity index (χ4v) is 2.60. The summed E-state index contributed by atoms with van der Waals surface area (Å²) in [6, 6.07) is 4.48. The van der Waals surface area contributed by atoms with Crippen molar-refractivity contribution >= 4 is 5.84 Å². The number of pyridine rings is 1. The second-order valence-electron chi connectivity index (χ2n) is 5.50. The average molecular weight is 262 g/mol. The largest absolute Gasteiger partial charge is 0.409 e. The van der Waals surface area contributed by atoms with Crippen molar-refractivity contribution in [1.82, 2.24) is 9.88 Å². The van der Waals surface area contributed by atoms with E-state index < -0.39 is 0 Å². The lowest BCUT2D eigenvalue weighted by Crippen LogP contribution is -2.40. The topological polar surface area (TPSA) is 74.7 Å². The van der Waals surface area contributed by atoms with Gasteiger partial charge >= 0.3 is 0 Å². The van der Waals surface area contributed by atoms with E-state index in [1.54, 1.807) is 6.20 Å². The van der Waals surface area contributed by atoms with Crippen LogP contribution in [0.15, 0.2) is 23.5 Å². The van der Waals surface area contributed by atoms with Crippen molar-refractivity contribution in [3.8, 4) is 0 Å². The summed E-state index contributed by atoms with van der Waals surface area (Å²) >= 11 is 0. The SMILES string of the molecule is CC1CCC(C)N(Cc2ccnc(C(N)=NO)c2)C1. The van der Waals surface area contributed by atoms with Gasteiger partial charge in [-0.1, -0.05) is 12.1 Å². The highest BCUT2D eigenvalue weighted by Gasteiger charge is 2.22. The highest BCUT2D eigenvalue weighted by Crippen LogP contribution is 2.23. The first-order valence-electron chi connectivity index (χ1n) is 6.77. The maximum atomic E-state index is 8.69. The summed E-state index contributed by atoms with van der Waals surface area (Å²) in [6.07, 6.45) is 4.27. The van der Waals surface area contributed by atoms with Crippen LogP contribution in [0.1, 0.15) is 37.9 Å². The molecule has 1 aliphatic heterocycles. The molecule has 1 aliphatic rings. The summed E-state index contributed by atoms with van der Waals surface area (Å²) in [6.45, 7) is 6.59. The van der Waals surface area contributed by atoms with Crippen LogP contribution < -0.4 is 5.73 Å². The number of likely N-dealkylation sites (tertiary alicyclic amines) is 1. The summed E-state index contributed by atoms with van der Waals surface area (Å²) in [7, 11) is 0. The quantitative estimate of drug-likeness (QED) is 0.377. The van der Waals surface area contributed by atoms with Crippen LogP contribution in [0.25, 0.3) is 0 Å². The maximum absolute atomic E-state index is 8.69. The summed E-state index contributed by atoms with van der Waals surface area (Å²) in [4.78, 5) is 6.59. The van der Waals surface area contributed by atoms with E-state index in [1.165, 1.54) is 12.8 Å². The molecule has 104 valence electrons. The van der Waals surface area contributed by atoms with Gasteiger partial charge in [0.15, 0.2) is 5.84 Å². The Balaban J connectivity index is 2.10. The predicted octanol–water partition coefficient (Wildman–Crippen LogP) is 1.80. The molecule has 2 unspecified atom stereocenters. The molecule has 2 rings (SSSR count). The molecule has 19 heavy (non-hydrogen) atoms. The molecule has 5 heteroatoms. The van der Waals surface area contributed by atoms with Crippen molar-refractivity contribution in [3.63, 3.8) is 0 Å². The Kier molecular flexibility index (Phi) is 4.37. The van der Waals surface area contributed by atoms with Crippen molar-refractivity contribution in [3.05, 3.63) is 29.6 Å². The minimum absolute atomic E-state index is 0.0573. The molecule has 1 fully saturated rings. The van der Waals surface area contributed by atoms with Crippen molar-refractivity contribution < 1.29 is 5.21 Å². The third-order valence-electron chi connectivity index (χ3n) is 3.83. The molecule has 0 bridgehead atoms. The fourth-order valence-electron chi connectivity index (χ4n) is 2.60. The van der Waals surface area contributed by atoms with Crippen LogP contribution in [-0.4, -0.2) is 33.5 Å². The van der Waals surface area contributed by atoms with Crippen molar-refractivity contribution in [2.24, 2.45) is 16.8 Å². The van der Waals surface area contributed by atoms with E-state index in [1.807, 2.05) is 12.1 Å². The molecule has 2 heterocycles. The van der Waals surface area contributed by atoms with Gasteiger partial charge in [-0.25, -0.2) is 0 Å². The van der Waals surface area contributed by atoms with Crippen molar-refractivity contribution in [2.45, 2.75) is 39.3 Å². The molecule has 1 aromatic rings. The van der Waals surface area contributed by atoms with Gasteiger partial charge in [-0.2, -0.15) is 0 Å². The zero-order valence-corrected chi connectivity index (χ0v) is 11.6. The van der Waals surface area contributed by atoms with Crippen LogP contribution in [0, 0.1) is 5.92 Å². The van der Waals surface area contributed by atoms with Gasteiger partial charge in [0.25, 0.3) is 0 Å². The Labute approximate surface area is 114 Å². The molecule has 3 N–H and O–H groups in total. The molecule has 0 aromatic carbocycles. The molecule has 0 aliphatic carbocycles. The molecule has 0 saturated carbocycles. The molecular weight excluding hydrogens is 240 g/mol. The third kappa shape index (κ3) is 3.44. The second-order valence-corrected chi connectivity index (χ2v) is 5.50. The van der Waals surface area contributed by atoms with Gasteiger partial charge in [-0.05, 0) is 43.4 Å². The zero-order chi connectivity index (χ0) is 13.8. The summed E-state index contributed by atoms with van der Waals surface area (Å²) in [5, 5.41) is 11.7. The molecule has 0 radical (unpaired) electrons. The van der Waals surface area contributed by atoms with Crippen LogP contribution in [0.3, 0.4) is 0 Å². The number of oxime groups is 1. The van der Waals surface area contributed by atoms with Crippen LogP contribution in [0.4, 0.5) is 0 Å². The van der Waals surface area contributed by atoms with E-state index >= 15 is 0 Å². The number of amidine groups is 1. The van der Waals surface area contributed by atoms with Crippen molar-refractivity contribution in [1.29, 1.82) is 0 Å². The van der Waals surface area contributed by atoms with Gasteiger partial charge in [0.1, 0.15) is 5.69 Å². The molecule has 2 atom stereocenters. The lowest BCUT2D eigenvalue weighted by atomic mass is 9.94. The molecule has 5 nitrogen and oxygen atoms in total. The standard InChI is InChI=1S/C14H22N4O/c1-10-3-4-11(2)18(8-10)9-12-5-6-16-13(7-12)14(15)17-19/h5-7,10-11,19H,3-4,8-9H2,1-2H3,(H2,15,17). The number of hydrogen-bond donors (Lipinski definition) is 2. The van der Waals surface area contributed by atoms with Crippen LogP contribution in [0.5, 0.6) is 0 Å². The van der Waals surface area contributed by atoms with Crippen LogP contribution in [0.2, 0.25) is 0 Å². The number of rotatable bonds is 3. The Morgan fingerprint density at radius 1 is 1.53 bits per heavy atom. The Morgan fingerprint density at radius 3 is 3.05 bits per heavy atom. The minimum atomic E-state index is 0.0573.